The van der Waals surface area contributed by atoms with Gasteiger partial charge >= 0.3 is 0 Å². The highest BCUT2D eigenvalue weighted by molar-refractivity contribution is 6.35. The van der Waals surface area contributed by atoms with Gasteiger partial charge in [-0.3, -0.25) is 9.69 Å². The Morgan fingerprint density at radius 1 is 1.47 bits per heavy atom. The summed E-state index contributed by atoms with van der Waals surface area (Å²) < 4.78 is 0. The fraction of sp³-hybridized carbons (Fsp3) is 0.500. The Morgan fingerprint density at radius 3 is 3.00 bits per heavy atom. The van der Waals surface area contributed by atoms with Gasteiger partial charge in [-0.2, -0.15) is 0 Å². The van der Waals surface area contributed by atoms with Gasteiger partial charge in [0.2, 0.25) is 0 Å². The summed E-state index contributed by atoms with van der Waals surface area (Å²) in [5, 5.41) is 3.90. The summed E-state index contributed by atoms with van der Waals surface area (Å²) in [6, 6.07) is 5.36. The first-order chi connectivity index (χ1) is 9.11. The molecular formula is C14H18Cl2N2O. The monoisotopic (exact) mass is 300 g/mol. The molecule has 1 fully saturated rings. The molecule has 0 aliphatic carbocycles. The lowest BCUT2D eigenvalue weighted by atomic mass is 10.2. The van der Waals surface area contributed by atoms with Crippen molar-refractivity contribution in [2.75, 3.05) is 19.6 Å². The number of carbonyl (C=O) groups excluding carboxylic acids is 1. The smallest absolute Gasteiger partial charge is 0.252 e. The van der Waals surface area contributed by atoms with E-state index in [1.54, 1.807) is 18.2 Å². The van der Waals surface area contributed by atoms with Crippen molar-refractivity contribution in [2.24, 2.45) is 0 Å². The molecule has 1 unspecified atom stereocenters. The fourth-order valence-corrected chi connectivity index (χ4v) is 2.90. The first-order valence-corrected chi connectivity index (χ1v) is 7.34. The maximum absolute atomic E-state index is 12.1. The minimum atomic E-state index is -0.157. The lowest BCUT2D eigenvalue weighted by molar-refractivity contribution is 0.0941. The number of amides is 1. The van der Waals surface area contributed by atoms with Gasteiger partial charge in [0.15, 0.2) is 0 Å². The molecule has 1 aromatic rings. The maximum Gasteiger partial charge on any atom is 0.252 e. The van der Waals surface area contributed by atoms with E-state index in [0.717, 1.165) is 19.5 Å². The average Bonchev–Trinajstić information content (AvgIpc) is 2.86. The lowest BCUT2D eigenvalue weighted by Crippen LogP contribution is -2.40. The van der Waals surface area contributed by atoms with Crippen LogP contribution in [0.1, 0.15) is 30.1 Å². The van der Waals surface area contributed by atoms with Gasteiger partial charge < -0.3 is 5.32 Å². The molecule has 1 amide bonds. The molecule has 1 heterocycles. The van der Waals surface area contributed by atoms with Gasteiger partial charge in [0, 0.05) is 17.6 Å². The standard InChI is InChI=1S/C14H18Cl2N2O/c1-2-18-7-3-4-11(18)9-17-14(19)12-8-10(15)5-6-13(12)16/h5-6,8,11H,2-4,7,9H2,1H3,(H,17,19). The van der Waals surface area contributed by atoms with E-state index in [9.17, 15) is 4.79 Å². The van der Waals surface area contributed by atoms with Gasteiger partial charge in [-0.1, -0.05) is 30.1 Å². The number of nitrogens with one attached hydrogen (secondary N) is 1. The second kappa shape index (κ2) is 6.60. The largest absolute Gasteiger partial charge is 0.350 e. The number of benzene rings is 1. The molecule has 1 atom stereocenters. The predicted octanol–water partition coefficient (Wildman–Crippen LogP) is 3.21. The number of likely N-dealkylation sites (tertiary alicyclic amines) is 1. The van der Waals surface area contributed by atoms with E-state index in [2.05, 4.69) is 17.1 Å². The topological polar surface area (TPSA) is 32.3 Å². The van der Waals surface area contributed by atoms with E-state index >= 15 is 0 Å². The Morgan fingerprint density at radius 2 is 2.26 bits per heavy atom. The van der Waals surface area contributed by atoms with Crippen LogP contribution in [0, 0.1) is 0 Å². The van der Waals surface area contributed by atoms with Gasteiger partial charge in [0.05, 0.1) is 10.6 Å². The number of carbonyl (C=O) groups is 1. The van der Waals surface area contributed by atoms with E-state index < -0.39 is 0 Å². The fourth-order valence-electron chi connectivity index (χ4n) is 2.52. The zero-order valence-electron chi connectivity index (χ0n) is 11.0. The Kier molecular flexibility index (Phi) is 5.08. The highest BCUT2D eigenvalue weighted by Gasteiger charge is 2.23. The van der Waals surface area contributed by atoms with Crippen LogP contribution in [0.5, 0.6) is 0 Å². The molecule has 2 rings (SSSR count). The predicted molar refractivity (Wildman–Crippen MR) is 79.1 cm³/mol. The molecular weight excluding hydrogens is 283 g/mol. The van der Waals surface area contributed by atoms with Crippen molar-refractivity contribution in [3.8, 4) is 0 Å². The molecule has 0 aromatic heterocycles. The highest BCUT2D eigenvalue weighted by atomic mass is 35.5. The molecule has 5 heteroatoms. The summed E-state index contributed by atoms with van der Waals surface area (Å²) in [7, 11) is 0. The Labute approximate surface area is 123 Å². The number of halogens is 2. The molecule has 1 aliphatic rings. The van der Waals surface area contributed by atoms with Crippen LogP contribution in [0.25, 0.3) is 0 Å². The molecule has 104 valence electrons. The van der Waals surface area contributed by atoms with Gasteiger partial charge in [0.1, 0.15) is 0 Å². The first-order valence-electron chi connectivity index (χ1n) is 6.59. The van der Waals surface area contributed by atoms with Crippen molar-refractivity contribution >= 4 is 29.1 Å². The van der Waals surface area contributed by atoms with Crippen molar-refractivity contribution < 1.29 is 4.79 Å². The van der Waals surface area contributed by atoms with Gasteiger partial charge in [-0.25, -0.2) is 0 Å². The van der Waals surface area contributed by atoms with Crippen LogP contribution < -0.4 is 5.32 Å². The van der Waals surface area contributed by atoms with E-state index in [0.29, 0.717) is 28.2 Å². The molecule has 1 saturated heterocycles. The van der Waals surface area contributed by atoms with Gasteiger partial charge in [0.25, 0.3) is 5.91 Å². The number of hydrogen-bond donors (Lipinski definition) is 1. The highest BCUT2D eigenvalue weighted by Crippen LogP contribution is 2.21. The summed E-state index contributed by atoms with van der Waals surface area (Å²) in [6.07, 6.45) is 2.34. The van der Waals surface area contributed by atoms with E-state index in [4.69, 9.17) is 23.2 Å². The summed E-state index contributed by atoms with van der Waals surface area (Å²) in [5.74, 6) is -0.157. The number of rotatable bonds is 4. The van der Waals surface area contributed by atoms with Gasteiger partial charge in [-0.15, -0.1) is 0 Å². The minimum absolute atomic E-state index is 0.157. The Hall–Kier alpha value is -0.770. The number of nitrogens with zero attached hydrogens (tertiary/aromatic N) is 1. The molecule has 3 nitrogen and oxygen atoms in total. The number of hydrogen-bond acceptors (Lipinski definition) is 2. The molecule has 1 N–H and O–H groups in total. The van der Waals surface area contributed by atoms with E-state index in [1.807, 2.05) is 0 Å². The Balaban J connectivity index is 1.96. The van der Waals surface area contributed by atoms with Crippen molar-refractivity contribution in [1.29, 1.82) is 0 Å². The zero-order valence-corrected chi connectivity index (χ0v) is 12.5. The quantitative estimate of drug-likeness (QED) is 0.926. The lowest BCUT2D eigenvalue weighted by Gasteiger charge is -2.23. The van der Waals surface area contributed by atoms with Gasteiger partial charge in [-0.05, 0) is 44.1 Å². The summed E-state index contributed by atoms with van der Waals surface area (Å²) in [6.45, 7) is 4.96. The maximum atomic E-state index is 12.1. The molecule has 0 saturated carbocycles. The van der Waals surface area contributed by atoms with E-state index in [1.165, 1.54) is 6.42 Å². The average molecular weight is 301 g/mol. The van der Waals surface area contributed by atoms with Crippen LogP contribution >= 0.6 is 23.2 Å². The molecule has 1 aromatic carbocycles. The molecule has 1 aliphatic heterocycles. The Bertz CT molecular complexity index is 465. The van der Waals surface area contributed by atoms with Crippen LogP contribution in [0.4, 0.5) is 0 Å². The first kappa shape index (κ1) is 14.6. The minimum Gasteiger partial charge on any atom is -0.350 e. The van der Waals surface area contributed by atoms with Crippen LogP contribution in [-0.4, -0.2) is 36.5 Å². The van der Waals surface area contributed by atoms with E-state index in [-0.39, 0.29) is 5.91 Å². The SMILES string of the molecule is CCN1CCCC1CNC(=O)c1cc(Cl)ccc1Cl. The third kappa shape index (κ3) is 3.62. The van der Waals surface area contributed by atoms with Crippen molar-refractivity contribution in [3.63, 3.8) is 0 Å². The summed E-state index contributed by atoms with van der Waals surface area (Å²) >= 11 is 11.9. The summed E-state index contributed by atoms with van der Waals surface area (Å²) in [4.78, 5) is 14.5. The third-order valence-electron chi connectivity index (χ3n) is 3.58. The molecule has 0 spiro atoms. The van der Waals surface area contributed by atoms with Crippen molar-refractivity contribution in [3.05, 3.63) is 33.8 Å². The molecule has 0 bridgehead atoms. The zero-order chi connectivity index (χ0) is 13.8. The van der Waals surface area contributed by atoms with Crippen LogP contribution in [-0.2, 0) is 0 Å². The van der Waals surface area contributed by atoms with Crippen LogP contribution in [0.3, 0.4) is 0 Å². The number of likely N-dealkylation sites (N-methyl/N-ethyl adjacent to an activating group) is 1. The molecule has 19 heavy (non-hydrogen) atoms. The van der Waals surface area contributed by atoms with Crippen molar-refractivity contribution in [1.82, 2.24) is 10.2 Å². The second-order valence-corrected chi connectivity index (χ2v) is 5.60. The molecule has 0 radical (unpaired) electrons. The van der Waals surface area contributed by atoms with Crippen LogP contribution in [0.15, 0.2) is 18.2 Å². The normalized spacial score (nSPS) is 19.6. The van der Waals surface area contributed by atoms with Crippen LogP contribution in [0.2, 0.25) is 10.0 Å². The second-order valence-electron chi connectivity index (χ2n) is 4.76. The van der Waals surface area contributed by atoms with Crippen molar-refractivity contribution in [2.45, 2.75) is 25.8 Å². The summed E-state index contributed by atoms with van der Waals surface area (Å²) in [5.41, 5.74) is 0.440. The third-order valence-corrected chi connectivity index (χ3v) is 4.14.